The van der Waals surface area contributed by atoms with Crippen LogP contribution in [0.2, 0.25) is 0 Å². The second-order valence-corrected chi connectivity index (χ2v) is 4.12. The average molecular weight is 301 g/mol. The Bertz CT molecular complexity index is 689. The predicted molar refractivity (Wildman–Crippen MR) is 77.1 cm³/mol. The van der Waals surface area contributed by atoms with Gasteiger partial charge in [-0.15, -0.1) is 0 Å². The van der Waals surface area contributed by atoms with E-state index in [1.54, 1.807) is 12.1 Å². The van der Waals surface area contributed by atoms with Crippen molar-refractivity contribution >= 4 is 23.9 Å². The van der Waals surface area contributed by atoms with Gasteiger partial charge in [0.05, 0.1) is 0 Å². The maximum absolute atomic E-state index is 12.9. The number of hydrogen-bond acceptors (Lipinski definition) is 5. The lowest BCUT2D eigenvalue weighted by Crippen LogP contribution is -2.21. The Labute approximate surface area is 125 Å². The van der Waals surface area contributed by atoms with Crippen LogP contribution in [0.5, 0.6) is 0 Å². The molecule has 7 heteroatoms. The number of benzene rings is 1. The third-order valence-electron chi connectivity index (χ3n) is 2.42. The molecule has 0 unspecified atom stereocenters. The first-order valence-electron chi connectivity index (χ1n) is 6.31. The molecule has 22 heavy (non-hydrogen) atoms. The van der Waals surface area contributed by atoms with Gasteiger partial charge in [0.2, 0.25) is 5.95 Å². The molecule has 0 atom stereocenters. The smallest absolute Gasteiger partial charge is 0.331 e. The number of aromatic nitrogens is 2. The lowest BCUT2D eigenvalue weighted by molar-refractivity contribution is -0.142. The first-order chi connectivity index (χ1) is 10.6. The Balaban J connectivity index is 1.79. The standard InChI is InChI=1S/C15H12FN3O3/c16-12-4-1-3-11(9-12)5-6-14(21)22-10-13(20)19-15-17-7-2-8-18-15/h1-9H,10H2,(H,17,18,19,20)/b6-5+. The van der Waals surface area contributed by atoms with Crippen molar-refractivity contribution in [2.75, 3.05) is 11.9 Å². The zero-order valence-corrected chi connectivity index (χ0v) is 11.4. The minimum Gasteiger partial charge on any atom is -0.452 e. The molecule has 1 N–H and O–H groups in total. The topological polar surface area (TPSA) is 81.2 Å². The van der Waals surface area contributed by atoms with Crippen molar-refractivity contribution in [1.82, 2.24) is 9.97 Å². The fourth-order valence-electron chi connectivity index (χ4n) is 1.48. The summed E-state index contributed by atoms with van der Waals surface area (Å²) in [7, 11) is 0. The molecule has 1 heterocycles. The summed E-state index contributed by atoms with van der Waals surface area (Å²) in [4.78, 5) is 30.5. The van der Waals surface area contributed by atoms with E-state index in [4.69, 9.17) is 4.74 Å². The molecule has 112 valence electrons. The monoisotopic (exact) mass is 301 g/mol. The van der Waals surface area contributed by atoms with Crippen LogP contribution in [0, 0.1) is 5.82 Å². The maximum Gasteiger partial charge on any atom is 0.331 e. The van der Waals surface area contributed by atoms with Crippen molar-refractivity contribution in [2.24, 2.45) is 0 Å². The highest BCUT2D eigenvalue weighted by molar-refractivity contribution is 5.93. The summed E-state index contributed by atoms with van der Waals surface area (Å²) in [5, 5.41) is 2.37. The summed E-state index contributed by atoms with van der Waals surface area (Å²) >= 11 is 0. The highest BCUT2D eigenvalue weighted by Crippen LogP contribution is 2.05. The average Bonchev–Trinajstić information content (AvgIpc) is 2.52. The number of nitrogens with one attached hydrogen (secondary N) is 1. The van der Waals surface area contributed by atoms with Crippen LogP contribution in [0.15, 0.2) is 48.8 Å². The summed E-state index contributed by atoms with van der Waals surface area (Å²) in [5.74, 6) is -1.55. The van der Waals surface area contributed by atoms with Crippen LogP contribution >= 0.6 is 0 Å². The normalized spacial score (nSPS) is 10.4. The van der Waals surface area contributed by atoms with Gasteiger partial charge in [0.1, 0.15) is 5.82 Å². The summed E-state index contributed by atoms with van der Waals surface area (Å²) in [6.07, 6.45) is 5.44. The number of esters is 1. The van der Waals surface area contributed by atoms with Crippen LogP contribution < -0.4 is 5.32 Å². The van der Waals surface area contributed by atoms with Gasteiger partial charge in [0.25, 0.3) is 5.91 Å². The Morgan fingerprint density at radius 1 is 1.23 bits per heavy atom. The Hall–Kier alpha value is -3.09. The fraction of sp³-hybridized carbons (Fsp3) is 0.0667. The predicted octanol–water partition coefficient (Wildman–Crippen LogP) is 1.81. The highest BCUT2D eigenvalue weighted by Gasteiger charge is 2.06. The number of anilines is 1. The Kier molecular flexibility index (Phi) is 5.31. The van der Waals surface area contributed by atoms with Gasteiger partial charge in [-0.2, -0.15) is 0 Å². The largest absolute Gasteiger partial charge is 0.452 e. The van der Waals surface area contributed by atoms with Gasteiger partial charge in [0.15, 0.2) is 6.61 Å². The van der Waals surface area contributed by atoms with Gasteiger partial charge < -0.3 is 4.74 Å². The molecule has 0 aliphatic rings. The zero-order valence-electron chi connectivity index (χ0n) is 11.4. The highest BCUT2D eigenvalue weighted by atomic mass is 19.1. The molecule has 2 aromatic rings. The second-order valence-electron chi connectivity index (χ2n) is 4.12. The zero-order chi connectivity index (χ0) is 15.8. The fourth-order valence-corrected chi connectivity index (χ4v) is 1.48. The van der Waals surface area contributed by atoms with Gasteiger partial charge in [-0.1, -0.05) is 12.1 Å². The molecule has 1 aromatic carbocycles. The van der Waals surface area contributed by atoms with Crippen LogP contribution in [0.3, 0.4) is 0 Å². The van der Waals surface area contributed by atoms with Gasteiger partial charge in [-0.05, 0) is 29.8 Å². The number of ether oxygens (including phenoxy) is 1. The van der Waals surface area contributed by atoms with E-state index in [9.17, 15) is 14.0 Å². The van der Waals surface area contributed by atoms with E-state index in [-0.39, 0.29) is 5.95 Å². The van der Waals surface area contributed by atoms with Crippen LogP contribution in [0.1, 0.15) is 5.56 Å². The Morgan fingerprint density at radius 2 is 2.00 bits per heavy atom. The van der Waals surface area contributed by atoms with Gasteiger partial charge in [-0.25, -0.2) is 19.2 Å². The van der Waals surface area contributed by atoms with Gasteiger partial charge in [-0.3, -0.25) is 10.1 Å². The van der Waals surface area contributed by atoms with E-state index >= 15 is 0 Å². The molecule has 1 aromatic heterocycles. The molecule has 0 bridgehead atoms. The van der Waals surface area contributed by atoms with E-state index in [0.29, 0.717) is 5.56 Å². The second kappa shape index (κ2) is 7.63. The third-order valence-corrected chi connectivity index (χ3v) is 2.42. The van der Waals surface area contributed by atoms with Crippen LogP contribution in [-0.4, -0.2) is 28.5 Å². The molecular weight excluding hydrogens is 289 g/mol. The first-order valence-corrected chi connectivity index (χ1v) is 6.31. The quantitative estimate of drug-likeness (QED) is 0.673. The molecule has 0 aliphatic heterocycles. The first kappa shape index (κ1) is 15.3. The SMILES string of the molecule is O=C(COC(=O)/C=C/c1cccc(F)c1)Nc1ncccn1. The molecule has 0 saturated carbocycles. The summed E-state index contributed by atoms with van der Waals surface area (Å²) in [6.45, 7) is -0.468. The van der Waals surface area contributed by atoms with E-state index in [2.05, 4.69) is 15.3 Å². The van der Waals surface area contributed by atoms with Gasteiger partial charge >= 0.3 is 5.97 Å². The lowest BCUT2D eigenvalue weighted by Gasteiger charge is -2.03. The van der Waals surface area contributed by atoms with Crippen molar-refractivity contribution in [2.45, 2.75) is 0 Å². The number of carbonyl (C=O) groups is 2. The van der Waals surface area contributed by atoms with Crippen molar-refractivity contribution < 1.29 is 18.7 Å². The number of halogens is 1. The van der Waals surface area contributed by atoms with Crippen LogP contribution in [-0.2, 0) is 14.3 Å². The van der Waals surface area contributed by atoms with E-state index in [1.807, 2.05) is 0 Å². The van der Waals surface area contributed by atoms with Crippen molar-refractivity contribution in [3.8, 4) is 0 Å². The number of rotatable bonds is 5. The molecule has 1 amide bonds. The number of nitrogens with zero attached hydrogens (tertiary/aromatic N) is 2. The van der Waals surface area contributed by atoms with Gasteiger partial charge in [0, 0.05) is 18.5 Å². The minimum absolute atomic E-state index is 0.124. The number of amides is 1. The van der Waals surface area contributed by atoms with Crippen molar-refractivity contribution in [3.63, 3.8) is 0 Å². The third kappa shape index (κ3) is 5.12. The van der Waals surface area contributed by atoms with E-state index < -0.39 is 24.3 Å². The Morgan fingerprint density at radius 3 is 2.73 bits per heavy atom. The molecular formula is C15H12FN3O3. The number of hydrogen-bond donors (Lipinski definition) is 1. The molecule has 0 fully saturated rings. The van der Waals surface area contributed by atoms with Crippen LogP contribution in [0.25, 0.3) is 6.08 Å². The molecule has 0 spiro atoms. The minimum atomic E-state index is -0.714. The summed E-state index contributed by atoms with van der Waals surface area (Å²) < 4.78 is 17.7. The molecule has 6 nitrogen and oxygen atoms in total. The molecule has 2 rings (SSSR count). The van der Waals surface area contributed by atoms with Crippen LogP contribution in [0.4, 0.5) is 10.3 Å². The lowest BCUT2D eigenvalue weighted by atomic mass is 10.2. The summed E-state index contributed by atoms with van der Waals surface area (Å²) in [6, 6.07) is 7.32. The van der Waals surface area contributed by atoms with Crippen molar-refractivity contribution in [3.05, 3.63) is 60.2 Å². The summed E-state index contributed by atoms with van der Waals surface area (Å²) in [5.41, 5.74) is 0.513. The molecule has 0 aliphatic carbocycles. The molecule has 0 saturated heterocycles. The maximum atomic E-state index is 12.9. The van der Waals surface area contributed by atoms with E-state index in [0.717, 1.165) is 6.08 Å². The van der Waals surface area contributed by atoms with Crippen molar-refractivity contribution in [1.29, 1.82) is 0 Å². The number of carbonyl (C=O) groups excluding carboxylic acids is 2. The van der Waals surface area contributed by atoms with E-state index in [1.165, 1.54) is 36.7 Å². The molecule has 0 radical (unpaired) electrons.